The molecule has 2 radical (unpaired) electrons. The molecule has 130 valence electrons. The van der Waals surface area contributed by atoms with Crippen molar-refractivity contribution < 1.29 is 0 Å². The first-order chi connectivity index (χ1) is 13.2. The van der Waals surface area contributed by atoms with Gasteiger partial charge in [-0.2, -0.15) is 0 Å². The molecule has 0 amide bonds. The van der Waals surface area contributed by atoms with Crippen LogP contribution < -0.4 is 5.59 Å². The second-order valence-electron chi connectivity index (χ2n) is 6.55. The number of benzene rings is 1. The summed E-state index contributed by atoms with van der Waals surface area (Å²) < 4.78 is 0.796. The summed E-state index contributed by atoms with van der Waals surface area (Å²) in [5.74, 6) is 0. The van der Waals surface area contributed by atoms with E-state index in [0.29, 0.717) is 5.59 Å². The molecule has 0 spiro atoms. The number of pyridine rings is 2. The lowest BCUT2D eigenvalue weighted by molar-refractivity contribution is 0.677. The molecule has 0 aliphatic heterocycles. The van der Waals surface area contributed by atoms with Gasteiger partial charge in [-0.25, -0.2) is 4.98 Å². The Morgan fingerprint density at radius 2 is 1.56 bits per heavy atom. The summed E-state index contributed by atoms with van der Waals surface area (Å²) in [6, 6.07) is 22.2. The third kappa shape index (κ3) is 3.30. The van der Waals surface area contributed by atoms with Gasteiger partial charge in [0.2, 0.25) is 0 Å². The highest BCUT2D eigenvalue weighted by Gasteiger charge is 2.42. The van der Waals surface area contributed by atoms with Gasteiger partial charge in [-0.15, -0.1) is 0 Å². The molecule has 0 bridgehead atoms. The van der Waals surface area contributed by atoms with Crippen molar-refractivity contribution in [2.24, 2.45) is 0 Å². The van der Waals surface area contributed by atoms with Gasteiger partial charge < -0.3 is 0 Å². The van der Waals surface area contributed by atoms with Crippen molar-refractivity contribution in [1.82, 2.24) is 9.97 Å². The summed E-state index contributed by atoms with van der Waals surface area (Å²) >= 11 is 3.54. The molecule has 0 saturated carbocycles. The van der Waals surface area contributed by atoms with Gasteiger partial charge in [0.25, 0.3) is 0 Å². The van der Waals surface area contributed by atoms with Gasteiger partial charge in [0.1, 0.15) is 17.9 Å². The third-order valence-corrected chi connectivity index (χ3v) is 5.33. The quantitative estimate of drug-likeness (QED) is 0.460. The third-order valence-electron chi connectivity index (χ3n) is 4.89. The van der Waals surface area contributed by atoms with Crippen LogP contribution in [0, 0.1) is 0 Å². The molecule has 0 saturated heterocycles. The van der Waals surface area contributed by atoms with E-state index in [4.69, 9.17) is 17.8 Å². The van der Waals surface area contributed by atoms with Crippen molar-refractivity contribution in [3.63, 3.8) is 0 Å². The van der Waals surface area contributed by atoms with Crippen LogP contribution in [0.3, 0.4) is 0 Å². The van der Waals surface area contributed by atoms with Crippen LogP contribution in [0.15, 0.2) is 95.1 Å². The molecule has 2 nitrogen and oxygen atoms in total. The van der Waals surface area contributed by atoms with Crippen molar-refractivity contribution in [3.05, 3.63) is 112 Å². The van der Waals surface area contributed by atoms with Crippen LogP contribution in [-0.2, 0) is 5.41 Å². The van der Waals surface area contributed by atoms with Crippen LogP contribution in [0.2, 0.25) is 0 Å². The Morgan fingerprint density at radius 1 is 0.815 bits per heavy atom. The number of nitrogens with zero attached hydrogens (tertiary/aromatic N) is 2. The van der Waals surface area contributed by atoms with E-state index in [-0.39, 0.29) is 0 Å². The highest BCUT2D eigenvalue weighted by atomic mass is 79.9. The molecule has 1 aliphatic rings. The van der Waals surface area contributed by atoms with E-state index < -0.39 is 5.41 Å². The number of aromatic nitrogens is 2. The largest absolute Gasteiger partial charge is 0.268 e. The first-order valence-electron chi connectivity index (χ1n) is 9.00. The predicted molar refractivity (Wildman–Crippen MR) is 114 cm³/mol. The lowest BCUT2D eigenvalue weighted by atomic mass is 9.67. The molecule has 0 N–H and O–H groups in total. The number of halogens is 1. The molecule has 2 heterocycles. The lowest BCUT2D eigenvalue weighted by Crippen LogP contribution is -2.35. The van der Waals surface area contributed by atoms with E-state index in [1.54, 1.807) is 0 Å². The van der Waals surface area contributed by atoms with Crippen molar-refractivity contribution in [3.8, 4) is 0 Å². The number of rotatable bonds is 4. The molecule has 3 aromatic rings. The van der Waals surface area contributed by atoms with Crippen LogP contribution in [0.4, 0.5) is 0 Å². The van der Waals surface area contributed by atoms with Crippen LogP contribution in [0.5, 0.6) is 0 Å². The fourth-order valence-electron chi connectivity index (χ4n) is 3.75. The van der Waals surface area contributed by atoms with Gasteiger partial charge in [0, 0.05) is 0 Å². The Kier molecular flexibility index (Phi) is 5.08. The Balaban J connectivity index is 2.12. The highest BCUT2D eigenvalue weighted by Crippen LogP contribution is 2.45. The minimum atomic E-state index is -0.628. The minimum absolute atomic E-state index is 0.503. The highest BCUT2D eigenvalue weighted by molar-refractivity contribution is 9.10. The minimum Gasteiger partial charge on any atom is -0.268 e. The van der Waals surface area contributed by atoms with Crippen LogP contribution >= 0.6 is 15.9 Å². The van der Waals surface area contributed by atoms with Gasteiger partial charge in [-0.3, -0.25) is 4.98 Å². The van der Waals surface area contributed by atoms with Gasteiger partial charge in [0.15, 0.2) is 0 Å². The van der Waals surface area contributed by atoms with Crippen LogP contribution in [0.1, 0.15) is 29.8 Å². The summed E-state index contributed by atoms with van der Waals surface area (Å²) in [4.78, 5) is 9.62. The lowest BCUT2D eigenvalue weighted by Gasteiger charge is -2.36. The summed E-state index contributed by atoms with van der Waals surface area (Å²) in [7, 11) is 6.09. The Bertz CT molecular complexity index is 966. The maximum atomic E-state index is 6.09. The zero-order chi connectivity index (χ0) is 18.7. The fraction of sp³-hybridized carbons (Fsp3) is 0.130. The molecule has 2 aromatic heterocycles. The molecule has 1 unspecified atom stereocenters. The molecule has 27 heavy (non-hydrogen) atoms. The van der Waals surface area contributed by atoms with E-state index in [2.05, 4.69) is 64.5 Å². The van der Waals surface area contributed by atoms with Gasteiger partial charge in [-0.05, 0) is 63.7 Å². The van der Waals surface area contributed by atoms with Gasteiger partial charge >= 0.3 is 0 Å². The average molecular weight is 413 g/mol. The van der Waals surface area contributed by atoms with E-state index in [9.17, 15) is 0 Å². The van der Waals surface area contributed by atoms with Crippen molar-refractivity contribution in [2.45, 2.75) is 18.3 Å². The van der Waals surface area contributed by atoms with E-state index in [1.807, 2.05) is 36.4 Å². The van der Waals surface area contributed by atoms with E-state index >= 15 is 0 Å². The standard InChI is InChI=1S/C23H18BBrN2/c24-21-15-7-13-19(26-21)23(17-9-3-1-4-10-17,18-11-5-2-6-12-18)20-14-8-16-22(25)27-20/h1,3-5,7-16H,2,6H2. The molecular weight excluding hydrogens is 395 g/mol. The molecular formula is C23H18BBrN2. The first-order valence-corrected chi connectivity index (χ1v) is 9.79. The van der Waals surface area contributed by atoms with Gasteiger partial charge in [0.05, 0.1) is 11.4 Å². The zero-order valence-electron chi connectivity index (χ0n) is 14.8. The zero-order valence-corrected chi connectivity index (χ0v) is 16.4. The number of hydrogen-bond acceptors (Lipinski definition) is 2. The topological polar surface area (TPSA) is 25.8 Å². The molecule has 4 rings (SSSR count). The van der Waals surface area contributed by atoms with Crippen LogP contribution in [0.25, 0.3) is 0 Å². The second-order valence-corrected chi connectivity index (χ2v) is 7.36. The summed E-state index contributed by atoms with van der Waals surface area (Å²) in [6.07, 6.45) is 8.75. The fourth-order valence-corrected chi connectivity index (χ4v) is 4.09. The molecule has 1 aromatic carbocycles. The second kappa shape index (κ2) is 7.65. The number of allylic oxidation sites excluding steroid dienone is 4. The summed E-state index contributed by atoms with van der Waals surface area (Å²) in [5, 5.41) is 0. The first kappa shape index (κ1) is 17.9. The maximum absolute atomic E-state index is 6.09. The van der Waals surface area contributed by atoms with Gasteiger partial charge in [-0.1, -0.05) is 66.8 Å². The van der Waals surface area contributed by atoms with Crippen molar-refractivity contribution >= 4 is 29.4 Å². The molecule has 1 aliphatic carbocycles. The molecule has 4 heteroatoms. The van der Waals surface area contributed by atoms with Crippen molar-refractivity contribution in [1.29, 1.82) is 0 Å². The molecule has 1 atom stereocenters. The van der Waals surface area contributed by atoms with Crippen LogP contribution in [-0.4, -0.2) is 17.8 Å². The number of hydrogen-bond donors (Lipinski definition) is 0. The smallest absolute Gasteiger partial charge is 0.141 e. The molecule has 0 fully saturated rings. The van der Waals surface area contributed by atoms with Crippen molar-refractivity contribution in [2.75, 3.05) is 0 Å². The van der Waals surface area contributed by atoms with E-state index in [1.165, 1.54) is 5.57 Å². The average Bonchev–Trinajstić information content (AvgIpc) is 2.71. The summed E-state index contributed by atoms with van der Waals surface area (Å²) in [5.41, 5.74) is 3.95. The summed E-state index contributed by atoms with van der Waals surface area (Å²) in [6.45, 7) is 0. The monoisotopic (exact) mass is 412 g/mol. The Hall–Kier alpha value is -2.46. The normalized spacial score (nSPS) is 15.8. The predicted octanol–water partition coefficient (Wildman–Crippen LogP) is 4.64. The maximum Gasteiger partial charge on any atom is 0.141 e. The SMILES string of the molecule is [B]c1cccc(C(C2=CCCC=C2)(c2ccccc2)c2cccc(Br)n2)n1. The van der Waals surface area contributed by atoms with E-state index in [0.717, 1.165) is 34.4 Å². The Labute approximate surface area is 169 Å². The Morgan fingerprint density at radius 3 is 2.22 bits per heavy atom.